The highest BCUT2D eigenvalue weighted by molar-refractivity contribution is 6.33. The molecule has 0 saturated carbocycles. The zero-order chi connectivity index (χ0) is 21.0. The molecule has 0 aromatic heterocycles. The maximum absolute atomic E-state index is 13.4. The van der Waals surface area contributed by atoms with E-state index in [2.05, 4.69) is 10.6 Å². The van der Waals surface area contributed by atoms with E-state index < -0.39 is 35.7 Å². The molecule has 1 heterocycles. The number of urea groups is 1. The molecule has 0 bridgehead atoms. The SMILES string of the molecule is CCCC[C@]1(c2ccc(F)cc2)NC(=O)N(CC(=O)Nc2ccccc2Cl)C1=O. The molecule has 0 unspecified atom stereocenters. The molecule has 29 heavy (non-hydrogen) atoms. The monoisotopic (exact) mass is 417 g/mol. The van der Waals surface area contributed by atoms with Crippen molar-refractivity contribution in [3.63, 3.8) is 0 Å². The number of amides is 4. The van der Waals surface area contributed by atoms with Gasteiger partial charge in [0.05, 0.1) is 10.7 Å². The third-order valence-electron chi connectivity index (χ3n) is 4.87. The predicted octanol–water partition coefficient (Wildman–Crippen LogP) is 4.06. The number of anilines is 1. The number of nitrogens with zero attached hydrogens (tertiary/aromatic N) is 1. The lowest BCUT2D eigenvalue weighted by Crippen LogP contribution is -2.44. The average molecular weight is 418 g/mol. The lowest BCUT2D eigenvalue weighted by Gasteiger charge is -2.27. The first-order valence-electron chi connectivity index (χ1n) is 9.32. The molecule has 1 atom stereocenters. The minimum Gasteiger partial charge on any atom is -0.323 e. The normalized spacial score (nSPS) is 18.7. The highest BCUT2D eigenvalue weighted by atomic mass is 35.5. The van der Waals surface area contributed by atoms with E-state index in [4.69, 9.17) is 11.6 Å². The Kier molecular flexibility index (Phi) is 6.17. The van der Waals surface area contributed by atoms with E-state index in [1.807, 2.05) is 6.92 Å². The van der Waals surface area contributed by atoms with E-state index >= 15 is 0 Å². The van der Waals surface area contributed by atoms with Gasteiger partial charge in [0.25, 0.3) is 5.91 Å². The van der Waals surface area contributed by atoms with Gasteiger partial charge in [-0.05, 0) is 36.2 Å². The van der Waals surface area contributed by atoms with Crippen LogP contribution >= 0.6 is 11.6 Å². The Labute approximate surface area is 173 Å². The Morgan fingerprint density at radius 1 is 1.17 bits per heavy atom. The molecular formula is C21H21ClFN3O3. The Balaban J connectivity index is 1.83. The van der Waals surface area contributed by atoms with Crippen LogP contribution in [0.25, 0.3) is 0 Å². The quantitative estimate of drug-likeness (QED) is 0.667. The molecule has 3 rings (SSSR count). The first-order chi connectivity index (χ1) is 13.9. The fourth-order valence-corrected chi connectivity index (χ4v) is 3.53. The van der Waals surface area contributed by atoms with Crippen LogP contribution in [0, 0.1) is 5.82 Å². The van der Waals surface area contributed by atoms with Crippen LogP contribution in [-0.4, -0.2) is 29.3 Å². The highest BCUT2D eigenvalue weighted by Gasteiger charge is 2.52. The number of nitrogens with one attached hydrogen (secondary N) is 2. The van der Waals surface area contributed by atoms with E-state index in [9.17, 15) is 18.8 Å². The van der Waals surface area contributed by atoms with Crippen molar-refractivity contribution in [1.82, 2.24) is 10.2 Å². The third-order valence-corrected chi connectivity index (χ3v) is 5.20. The molecule has 2 N–H and O–H groups in total. The molecule has 1 aliphatic heterocycles. The molecule has 0 spiro atoms. The molecule has 0 radical (unpaired) electrons. The van der Waals surface area contributed by atoms with Gasteiger partial charge in [-0.2, -0.15) is 0 Å². The van der Waals surface area contributed by atoms with Crippen molar-refractivity contribution >= 4 is 35.1 Å². The topological polar surface area (TPSA) is 78.5 Å². The zero-order valence-corrected chi connectivity index (χ0v) is 16.6. The van der Waals surface area contributed by atoms with Gasteiger partial charge in [-0.25, -0.2) is 9.18 Å². The maximum atomic E-state index is 13.4. The zero-order valence-electron chi connectivity index (χ0n) is 15.9. The number of hydrogen-bond acceptors (Lipinski definition) is 3. The minimum absolute atomic E-state index is 0.349. The summed E-state index contributed by atoms with van der Waals surface area (Å²) in [7, 11) is 0. The lowest BCUT2D eigenvalue weighted by atomic mass is 9.85. The fraction of sp³-hybridized carbons (Fsp3) is 0.286. The van der Waals surface area contributed by atoms with Gasteiger partial charge in [0.2, 0.25) is 5.91 Å². The number of rotatable bonds is 7. The standard InChI is InChI=1S/C21H21ClFN3O3/c1-2-3-12-21(14-8-10-15(23)11-9-14)19(28)26(20(29)25-21)13-18(27)24-17-7-5-4-6-16(17)22/h4-11H,2-3,12-13H2,1H3,(H,24,27)(H,25,29)/t21-/m1/s1. The van der Waals surface area contributed by atoms with Gasteiger partial charge in [0, 0.05) is 0 Å². The Hall–Kier alpha value is -2.93. The van der Waals surface area contributed by atoms with Gasteiger partial charge >= 0.3 is 6.03 Å². The van der Waals surface area contributed by atoms with Gasteiger partial charge in [0.1, 0.15) is 17.9 Å². The van der Waals surface area contributed by atoms with Crippen LogP contribution in [0.2, 0.25) is 5.02 Å². The summed E-state index contributed by atoms with van der Waals surface area (Å²) in [5, 5.41) is 5.68. The molecule has 1 fully saturated rings. The molecule has 1 saturated heterocycles. The Bertz CT molecular complexity index is 935. The first kappa shape index (κ1) is 20.8. The summed E-state index contributed by atoms with van der Waals surface area (Å²) in [6.07, 6.45) is 1.82. The number of halogens is 2. The van der Waals surface area contributed by atoms with Crippen LogP contribution in [-0.2, 0) is 15.1 Å². The van der Waals surface area contributed by atoms with Crippen LogP contribution in [0.1, 0.15) is 31.7 Å². The minimum atomic E-state index is -1.31. The van der Waals surface area contributed by atoms with Crippen molar-refractivity contribution < 1.29 is 18.8 Å². The average Bonchev–Trinajstić information content (AvgIpc) is 2.94. The number of imide groups is 1. The molecule has 2 aromatic carbocycles. The maximum Gasteiger partial charge on any atom is 0.325 e. The van der Waals surface area contributed by atoms with E-state index in [-0.39, 0.29) is 0 Å². The number of hydrogen-bond donors (Lipinski definition) is 2. The molecule has 6 nitrogen and oxygen atoms in total. The fourth-order valence-electron chi connectivity index (χ4n) is 3.35. The summed E-state index contributed by atoms with van der Waals surface area (Å²) in [5.74, 6) is -1.52. The van der Waals surface area contributed by atoms with Crippen LogP contribution < -0.4 is 10.6 Å². The number of carbonyl (C=O) groups is 3. The molecule has 0 aliphatic carbocycles. The largest absolute Gasteiger partial charge is 0.325 e. The highest BCUT2D eigenvalue weighted by Crippen LogP contribution is 2.34. The van der Waals surface area contributed by atoms with Crippen molar-refractivity contribution in [2.45, 2.75) is 31.7 Å². The molecule has 4 amide bonds. The number of carbonyl (C=O) groups excluding carboxylic acids is 3. The van der Waals surface area contributed by atoms with E-state index in [0.717, 1.165) is 11.3 Å². The number of para-hydroxylation sites is 1. The summed E-state index contributed by atoms with van der Waals surface area (Å²) in [6.45, 7) is 1.51. The van der Waals surface area contributed by atoms with Crippen LogP contribution in [0.4, 0.5) is 14.9 Å². The van der Waals surface area contributed by atoms with E-state index in [0.29, 0.717) is 29.1 Å². The molecule has 8 heteroatoms. The Morgan fingerprint density at radius 2 is 1.86 bits per heavy atom. The summed E-state index contributed by atoms with van der Waals surface area (Å²) >= 11 is 6.03. The molecule has 2 aromatic rings. The second kappa shape index (κ2) is 8.61. The number of unbranched alkanes of at least 4 members (excludes halogenated alkanes) is 1. The molecule has 152 valence electrons. The smallest absolute Gasteiger partial charge is 0.323 e. The van der Waals surface area contributed by atoms with Gasteiger partial charge in [-0.15, -0.1) is 0 Å². The molecule has 1 aliphatic rings. The Morgan fingerprint density at radius 3 is 2.52 bits per heavy atom. The third kappa shape index (κ3) is 4.24. The summed E-state index contributed by atoms with van der Waals surface area (Å²) in [4.78, 5) is 39.1. The summed E-state index contributed by atoms with van der Waals surface area (Å²) < 4.78 is 13.4. The predicted molar refractivity (Wildman–Crippen MR) is 108 cm³/mol. The van der Waals surface area contributed by atoms with Gasteiger partial charge in [-0.1, -0.05) is 55.6 Å². The lowest BCUT2D eigenvalue weighted by molar-refractivity contribution is -0.134. The second-order valence-corrected chi connectivity index (χ2v) is 7.27. The summed E-state index contributed by atoms with van der Waals surface area (Å²) in [6, 6.07) is 11.5. The van der Waals surface area contributed by atoms with Crippen LogP contribution in [0.3, 0.4) is 0 Å². The van der Waals surface area contributed by atoms with Gasteiger partial charge in [0.15, 0.2) is 0 Å². The van der Waals surface area contributed by atoms with Crippen LogP contribution in [0.5, 0.6) is 0 Å². The number of benzene rings is 2. The van der Waals surface area contributed by atoms with Gasteiger partial charge < -0.3 is 10.6 Å². The van der Waals surface area contributed by atoms with Crippen molar-refractivity contribution in [3.8, 4) is 0 Å². The second-order valence-electron chi connectivity index (χ2n) is 6.87. The van der Waals surface area contributed by atoms with Crippen LogP contribution in [0.15, 0.2) is 48.5 Å². The van der Waals surface area contributed by atoms with Crippen molar-refractivity contribution in [3.05, 3.63) is 64.9 Å². The first-order valence-corrected chi connectivity index (χ1v) is 9.69. The molecular weight excluding hydrogens is 397 g/mol. The summed E-state index contributed by atoms with van der Waals surface area (Å²) in [5.41, 5.74) is -0.437. The van der Waals surface area contributed by atoms with E-state index in [1.165, 1.54) is 24.3 Å². The van der Waals surface area contributed by atoms with E-state index in [1.54, 1.807) is 24.3 Å². The van der Waals surface area contributed by atoms with Gasteiger partial charge in [-0.3, -0.25) is 14.5 Å². The van der Waals surface area contributed by atoms with Crippen molar-refractivity contribution in [2.75, 3.05) is 11.9 Å². The van der Waals surface area contributed by atoms with Crippen molar-refractivity contribution in [2.24, 2.45) is 0 Å². The van der Waals surface area contributed by atoms with Crippen molar-refractivity contribution in [1.29, 1.82) is 0 Å².